The summed E-state index contributed by atoms with van der Waals surface area (Å²) in [6.07, 6.45) is 8.06. The molecule has 0 spiro atoms. The largest absolute Gasteiger partial charge is 0.484 e. The van der Waals surface area contributed by atoms with Crippen LogP contribution in [0.25, 0.3) is 0 Å². The number of sulfonamides is 1. The summed E-state index contributed by atoms with van der Waals surface area (Å²) in [5.74, 6) is -0.151. The number of carbonyl (C=O) groups is 2. The number of anilines is 1. The molecule has 0 saturated heterocycles. The average Bonchev–Trinajstić information content (AvgIpc) is 2.83. The van der Waals surface area contributed by atoms with Crippen LogP contribution < -0.4 is 19.8 Å². The Hall–Kier alpha value is -3.40. The van der Waals surface area contributed by atoms with Crippen molar-refractivity contribution in [1.29, 1.82) is 0 Å². The number of carbonyl (C=O) groups excluding carboxylic acids is 2. The molecule has 1 saturated carbocycles. The van der Waals surface area contributed by atoms with Crippen LogP contribution in [0.2, 0.25) is 0 Å². The first kappa shape index (κ1) is 26.2. The van der Waals surface area contributed by atoms with E-state index >= 15 is 0 Å². The zero-order valence-corrected chi connectivity index (χ0v) is 20.9. The molecule has 1 fully saturated rings. The second-order valence-electron chi connectivity index (χ2n) is 8.66. The molecule has 9 nitrogen and oxygen atoms in total. The zero-order chi connectivity index (χ0) is 25.3. The maximum Gasteiger partial charge on any atom is 0.260 e. The van der Waals surface area contributed by atoms with Gasteiger partial charge in [0.15, 0.2) is 6.61 Å². The molecule has 0 aliphatic heterocycles. The van der Waals surface area contributed by atoms with E-state index in [1.54, 1.807) is 48.5 Å². The molecule has 188 valence electrons. The van der Waals surface area contributed by atoms with Gasteiger partial charge in [-0.05, 0) is 61.7 Å². The van der Waals surface area contributed by atoms with Crippen molar-refractivity contribution in [3.05, 3.63) is 59.7 Å². The number of aryl methyl sites for hydroxylation is 1. The summed E-state index contributed by atoms with van der Waals surface area (Å²) < 4.78 is 30.9. The summed E-state index contributed by atoms with van der Waals surface area (Å²) in [5.41, 5.74) is 4.43. The minimum atomic E-state index is -3.65. The topological polar surface area (TPSA) is 117 Å². The number of hydrazone groups is 1. The quantitative estimate of drug-likeness (QED) is 0.384. The first-order valence-corrected chi connectivity index (χ1v) is 13.4. The van der Waals surface area contributed by atoms with Gasteiger partial charge in [-0.3, -0.25) is 13.9 Å². The van der Waals surface area contributed by atoms with Crippen molar-refractivity contribution in [2.24, 2.45) is 5.10 Å². The zero-order valence-electron chi connectivity index (χ0n) is 20.1. The molecular weight excluding hydrogens is 468 g/mol. The molecule has 2 aromatic carbocycles. The molecule has 1 aliphatic rings. The Morgan fingerprint density at radius 1 is 1.03 bits per heavy atom. The number of benzene rings is 2. The minimum Gasteiger partial charge on any atom is -0.484 e. The Bertz CT molecular complexity index is 1130. The van der Waals surface area contributed by atoms with Crippen LogP contribution in [0, 0.1) is 6.92 Å². The highest BCUT2D eigenvalue weighted by Gasteiger charge is 2.20. The molecule has 0 aromatic heterocycles. The van der Waals surface area contributed by atoms with Crippen molar-refractivity contribution in [2.75, 3.05) is 23.7 Å². The number of amides is 2. The second kappa shape index (κ2) is 12.3. The van der Waals surface area contributed by atoms with E-state index in [1.165, 1.54) is 12.6 Å². The molecule has 0 unspecified atom stereocenters. The van der Waals surface area contributed by atoms with Gasteiger partial charge in [-0.15, -0.1) is 0 Å². The van der Waals surface area contributed by atoms with E-state index in [0.29, 0.717) is 17.0 Å². The van der Waals surface area contributed by atoms with E-state index < -0.39 is 22.5 Å². The highest BCUT2D eigenvalue weighted by molar-refractivity contribution is 7.92. The monoisotopic (exact) mass is 500 g/mol. The van der Waals surface area contributed by atoms with Gasteiger partial charge in [-0.25, -0.2) is 13.8 Å². The summed E-state index contributed by atoms with van der Waals surface area (Å²) in [5, 5.41) is 6.91. The summed E-state index contributed by atoms with van der Waals surface area (Å²) >= 11 is 0. The van der Waals surface area contributed by atoms with Crippen LogP contribution in [-0.4, -0.2) is 51.9 Å². The number of hydrogen-bond donors (Lipinski definition) is 2. The van der Waals surface area contributed by atoms with Gasteiger partial charge in [0.1, 0.15) is 12.3 Å². The van der Waals surface area contributed by atoms with Gasteiger partial charge in [-0.2, -0.15) is 5.10 Å². The van der Waals surface area contributed by atoms with Crippen molar-refractivity contribution in [1.82, 2.24) is 10.7 Å². The Kier molecular flexibility index (Phi) is 9.25. The predicted molar refractivity (Wildman–Crippen MR) is 136 cm³/mol. The Morgan fingerprint density at radius 2 is 1.69 bits per heavy atom. The number of rotatable bonds is 10. The summed E-state index contributed by atoms with van der Waals surface area (Å²) in [6, 6.07) is 14.0. The molecule has 0 bridgehead atoms. The summed E-state index contributed by atoms with van der Waals surface area (Å²) in [6.45, 7) is 1.45. The molecule has 2 aromatic rings. The van der Waals surface area contributed by atoms with Crippen LogP contribution >= 0.6 is 0 Å². The number of hydrogen-bond acceptors (Lipinski definition) is 6. The van der Waals surface area contributed by atoms with Crippen molar-refractivity contribution < 1.29 is 22.7 Å². The Balaban J connectivity index is 1.46. The van der Waals surface area contributed by atoms with Crippen LogP contribution in [-0.2, 0) is 19.6 Å². The van der Waals surface area contributed by atoms with Crippen molar-refractivity contribution >= 4 is 33.7 Å². The van der Waals surface area contributed by atoms with Crippen LogP contribution in [0.3, 0.4) is 0 Å². The lowest BCUT2D eigenvalue weighted by Crippen LogP contribution is -2.39. The molecule has 0 atom stereocenters. The molecular formula is C25H32N4O5S. The third kappa shape index (κ3) is 8.71. The Labute approximate surface area is 206 Å². The van der Waals surface area contributed by atoms with Gasteiger partial charge in [0.25, 0.3) is 11.8 Å². The van der Waals surface area contributed by atoms with Crippen LogP contribution in [0.5, 0.6) is 5.75 Å². The molecule has 0 heterocycles. The number of nitrogens with zero attached hydrogens (tertiary/aromatic N) is 2. The number of nitrogens with one attached hydrogen (secondary N) is 2. The fourth-order valence-corrected chi connectivity index (χ4v) is 4.63. The molecule has 1 aliphatic carbocycles. The van der Waals surface area contributed by atoms with Crippen molar-refractivity contribution in [2.45, 2.75) is 45.1 Å². The van der Waals surface area contributed by atoms with Crippen molar-refractivity contribution in [3.8, 4) is 5.75 Å². The maximum atomic E-state index is 12.3. The van der Waals surface area contributed by atoms with E-state index in [2.05, 4.69) is 15.8 Å². The Morgan fingerprint density at radius 3 is 2.31 bits per heavy atom. The lowest BCUT2D eigenvalue weighted by atomic mass is 9.95. The standard InChI is InChI=1S/C25H32N4O5S/c1-19-8-12-22(13-9-19)29(35(2,32)33)17-24(30)28-26-16-20-10-14-23(15-11-20)34-18-25(31)27-21-6-4-3-5-7-21/h8-16,21H,3-7,17-18H2,1-2H3,(H,27,31)(H,28,30)/b26-16-. The van der Waals surface area contributed by atoms with Crippen molar-refractivity contribution in [3.63, 3.8) is 0 Å². The van der Waals surface area contributed by atoms with E-state index in [9.17, 15) is 18.0 Å². The summed E-state index contributed by atoms with van der Waals surface area (Å²) in [4.78, 5) is 24.3. The van der Waals surface area contributed by atoms with E-state index in [1.807, 2.05) is 6.92 Å². The average molecular weight is 501 g/mol. The molecule has 0 radical (unpaired) electrons. The van der Waals surface area contributed by atoms with E-state index in [-0.39, 0.29) is 18.6 Å². The predicted octanol–water partition coefficient (Wildman–Crippen LogP) is 2.74. The lowest BCUT2D eigenvalue weighted by molar-refractivity contribution is -0.124. The molecule has 2 amide bonds. The molecule has 10 heteroatoms. The second-order valence-corrected chi connectivity index (χ2v) is 10.6. The van der Waals surface area contributed by atoms with Gasteiger partial charge in [0.2, 0.25) is 10.0 Å². The SMILES string of the molecule is Cc1ccc(N(CC(=O)N/N=C\c2ccc(OCC(=O)NC3CCCCC3)cc2)S(C)(=O)=O)cc1. The molecule has 3 rings (SSSR count). The van der Waals surface area contributed by atoms with Crippen LogP contribution in [0.4, 0.5) is 5.69 Å². The van der Waals surface area contributed by atoms with Gasteiger partial charge in [-0.1, -0.05) is 37.0 Å². The summed E-state index contributed by atoms with van der Waals surface area (Å²) in [7, 11) is -3.65. The fourth-order valence-electron chi connectivity index (χ4n) is 3.77. The third-order valence-electron chi connectivity index (χ3n) is 5.63. The highest BCUT2D eigenvalue weighted by atomic mass is 32.2. The smallest absolute Gasteiger partial charge is 0.260 e. The van der Waals surface area contributed by atoms with Gasteiger partial charge < -0.3 is 10.1 Å². The van der Waals surface area contributed by atoms with E-state index in [4.69, 9.17) is 4.74 Å². The maximum absolute atomic E-state index is 12.3. The fraction of sp³-hybridized carbons (Fsp3) is 0.400. The third-order valence-corrected chi connectivity index (χ3v) is 6.77. The van der Waals surface area contributed by atoms with E-state index in [0.717, 1.165) is 41.8 Å². The van der Waals surface area contributed by atoms with Crippen LogP contribution in [0.15, 0.2) is 53.6 Å². The normalized spacial score (nSPS) is 14.5. The van der Waals surface area contributed by atoms with Gasteiger partial charge in [0.05, 0.1) is 18.2 Å². The number of ether oxygens (including phenoxy) is 1. The lowest BCUT2D eigenvalue weighted by Gasteiger charge is -2.22. The minimum absolute atomic E-state index is 0.0438. The molecule has 35 heavy (non-hydrogen) atoms. The van der Waals surface area contributed by atoms with Gasteiger partial charge in [0, 0.05) is 6.04 Å². The van der Waals surface area contributed by atoms with Gasteiger partial charge >= 0.3 is 0 Å². The van der Waals surface area contributed by atoms with Crippen LogP contribution in [0.1, 0.15) is 43.2 Å². The molecule has 2 N–H and O–H groups in total. The first-order chi connectivity index (χ1) is 16.7. The highest BCUT2D eigenvalue weighted by Crippen LogP contribution is 2.18. The first-order valence-electron chi connectivity index (χ1n) is 11.6.